The normalized spacial score (nSPS) is 3.20. The maximum Gasteiger partial charge on any atom is -0.147 e. The minimum Gasteiger partial charge on any atom is -0.147 e. The second kappa shape index (κ2) is 18.7. The predicted molar refractivity (Wildman–Crippen MR) is 21.5 cm³/mol. The monoisotopic (exact) mass is 151 g/mol. The molecule has 0 radical (unpaired) electrons. The van der Waals surface area contributed by atoms with Gasteiger partial charge in [0.2, 0.25) is 0 Å². The zero-order chi connectivity index (χ0) is 2.71. The van der Waals surface area contributed by atoms with Crippen LogP contribution in [0.3, 0.4) is 0 Å². The van der Waals surface area contributed by atoms with Crippen LogP contribution in [0.5, 0.6) is 0 Å². The van der Waals surface area contributed by atoms with Crippen molar-refractivity contribution >= 4 is 24.8 Å². The Kier molecular flexibility index (Phi) is 61.0. The molecule has 0 unspecified atom stereocenters. The Labute approximate surface area is 56.2 Å². The SMILES string of the molecule is C[O][Ti].Cl.Cl. The van der Waals surface area contributed by atoms with Gasteiger partial charge >= 0.3 is 31.3 Å². The molecule has 0 saturated carbocycles. The molecule has 0 aliphatic rings. The van der Waals surface area contributed by atoms with Crippen molar-refractivity contribution in [1.29, 1.82) is 0 Å². The van der Waals surface area contributed by atoms with Gasteiger partial charge in [-0.3, -0.25) is 0 Å². The van der Waals surface area contributed by atoms with Gasteiger partial charge in [0.05, 0.1) is 0 Å². The Morgan fingerprint density at radius 3 is 1.40 bits per heavy atom. The average Bonchev–Trinajstić information content (AvgIpc) is 0.918. The Morgan fingerprint density at radius 2 is 1.40 bits per heavy atom. The molecule has 0 aromatic rings. The van der Waals surface area contributed by atoms with E-state index in [1.807, 2.05) is 0 Å². The van der Waals surface area contributed by atoms with E-state index in [4.69, 9.17) is 0 Å². The summed E-state index contributed by atoms with van der Waals surface area (Å²) in [7, 11) is 1.62. The molecule has 0 bridgehead atoms. The number of hydrogen-bond acceptors (Lipinski definition) is 1. The van der Waals surface area contributed by atoms with Crippen molar-refractivity contribution in [3.05, 3.63) is 0 Å². The first-order valence-electron chi connectivity index (χ1n) is 0.612. The Bertz CT molecular complexity index is 9.61. The molecule has 33 valence electrons. The van der Waals surface area contributed by atoms with Crippen molar-refractivity contribution in [1.82, 2.24) is 0 Å². The predicted octanol–water partition coefficient (Wildman–Crippen LogP) is 0.938. The standard InChI is InChI=1S/CH3O.2ClH.Ti/c1-2;;;/h1H3;2*1H;/q-1;;;+1. The second-order valence-electron chi connectivity index (χ2n) is 0.204. The summed E-state index contributed by atoms with van der Waals surface area (Å²) in [5.74, 6) is 0. The van der Waals surface area contributed by atoms with Crippen molar-refractivity contribution < 1.29 is 24.1 Å². The smallest absolute Gasteiger partial charge is 0.147 e. The summed E-state index contributed by atoms with van der Waals surface area (Å²) in [4.78, 5) is 0. The van der Waals surface area contributed by atoms with Crippen LogP contribution in [0.1, 0.15) is 0 Å². The fourth-order valence-corrected chi connectivity index (χ4v) is 0. The number of hydrogen-bond donors (Lipinski definition) is 0. The molecule has 0 fully saturated rings. The van der Waals surface area contributed by atoms with Gasteiger partial charge in [-0.15, -0.1) is 24.8 Å². The molecule has 0 atom stereocenters. The van der Waals surface area contributed by atoms with Crippen LogP contribution >= 0.6 is 24.8 Å². The zero-order valence-corrected chi connectivity index (χ0v) is 5.92. The Balaban J connectivity index is -0.0000000200. The summed E-state index contributed by atoms with van der Waals surface area (Å²) in [6.45, 7) is 0. The van der Waals surface area contributed by atoms with Crippen LogP contribution in [0, 0.1) is 0 Å². The van der Waals surface area contributed by atoms with Gasteiger partial charge in [-0.25, -0.2) is 0 Å². The zero-order valence-electron chi connectivity index (χ0n) is 2.72. The van der Waals surface area contributed by atoms with Crippen LogP contribution in [-0.4, -0.2) is 7.11 Å². The minimum absolute atomic E-state index is 0. The van der Waals surface area contributed by atoms with E-state index in [1.54, 1.807) is 27.9 Å². The van der Waals surface area contributed by atoms with Gasteiger partial charge in [0.15, 0.2) is 0 Å². The van der Waals surface area contributed by atoms with E-state index in [1.165, 1.54) is 0 Å². The third-order valence-corrected chi connectivity index (χ3v) is 0. The summed E-state index contributed by atoms with van der Waals surface area (Å²) < 4.78 is 4.25. The van der Waals surface area contributed by atoms with Crippen molar-refractivity contribution in [3.63, 3.8) is 0 Å². The van der Waals surface area contributed by atoms with Crippen molar-refractivity contribution in [2.75, 3.05) is 7.11 Å². The molecule has 0 aliphatic carbocycles. The quantitative estimate of drug-likeness (QED) is 0.469. The first-order chi connectivity index (χ1) is 1.41. The third kappa shape index (κ3) is 35.4. The van der Waals surface area contributed by atoms with Gasteiger partial charge in [0.1, 0.15) is 0 Å². The Morgan fingerprint density at radius 1 is 1.40 bits per heavy atom. The third-order valence-electron chi connectivity index (χ3n) is 0. The summed E-state index contributed by atoms with van der Waals surface area (Å²) in [6.07, 6.45) is 0. The molecule has 0 spiro atoms. The van der Waals surface area contributed by atoms with Crippen molar-refractivity contribution in [2.24, 2.45) is 0 Å². The van der Waals surface area contributed by atoms with Gasteiger partial charge in [0, 0.05) is 0 Å². The molecule has 0 heterocycles. The van der Waals surface area contributed by atoms with E-state index in [-0.39, 0.29) is 24.8 Å². The molecule has 0 rings (SSSR count). The molecule has 0 aliphatic heterocycles. The summed E-state index contributed by atoms with van der Waals surface area (Å²) in [6, 6.07) is 0. The van der Waals surface area contributed by atoms with Gasteiger partial charge in [-0.05, 0) is 0 Å². The average molecular weight is 152 g/mol. The molecule has 0 saturated heterocycles. The fourth-order valence-electron chi connectivity index (χ4n) is 0. The molecule has 1 nitrogen and oxygen atoms in total. The van der Waals surface area contributed by atoms with Gasteiger partial charge in [-0.2, -0.15) is 0 Å². The Hall–Kier alpha value is 1.25. The maximum atomic E-state index is 4.25. The van der Waals surface area contributed by atoms with Crippen LogP contribution in [-0.2, 0) is 24.1 Å². The molecule has 0 aromatic heterocycles. The molecule has 0 N–H and O–H groups in total. The van der Waals surface area contributed by atoms with E-state index >= 15 is 0 Å². The molecular weight excluding hydrogens is 147 g/mol. The first-order valence-corrected chi connectivity index (χ1v) is 1.25. The van der Waals surface area contributed by atoms with E-state index < -0.39 is 0 Å². The maximum absolute atomic E-state index is 4.25. The van der Waals surface area contributed by atoms with Crippen molar-refractivity contribution in [3.8, 4) is 0 Å². The number of rotatable bonds is 0. The van der Waals surface area contributed by atoms with Crippen LogP contribution in [0.2, 0.25) is 0 Å². The van der Waals surface area contributed by atoms with E-state index in [9.17, 15) is 0 Å². The van der Waals surface area contributed by atoms with Crippen LogP contribution in [0.15, 0.2) is 0 Å². The molecular formula is CH5Cl2OTi. The molecule has 5 heavy (non-hydrogen) atoms. The summed E-state index contributed by atoms with van der Waals surface area (Å²) in [5, 5.41) is 0. The van der Waals surface area contributed by atoms with Crippen molar-refractivity contribution in [2.45, 2.75) is 0 Å². The van der Waals surface area contributed by atoms with Crippen LogP contribution in [0.4, 0.5) is 0 Å². The van der Waals surface area contributed by atoms with Gasteiger partial charge in [0.25, 0.3) is 0 Å². The van der Waals surface area contributed by atoms with E-state index in [0.29, 0.717) is 0 Å². The molecule has 0 aromatic carbocycles. The topological polar surface area (TPSA) is 9.23 Å². The van der Waals surface area contributed by atoms with E-state index in [2.05, 4.69) is 3.32 Å². The first kappa shape index (κ1) is 16.3. The fraction of sp³-hybridized carbons (Fsp3) is 1.00. The molecule has 0 amide bonds. The second-order valence-corrected chi connectivity index (χ2v) is 0.842. The van der Waals surface area contributed by atoms with Crippen LogP contribution < -0.4 is 0 Å². The van der Waals surface area contributed by atoms with Crippen LogP contribution in [0.25, 0.3) is 0 Å². The minimum atomic E-state index is 0. The number of halogens is 2. The summed E-state index contributed by atoms with van der Waals surface area (Å²) in [5.41, 5.74) is 0. The van der Waals surface area contributed by atoms with Gasteiger partial charge < -0.3 is 0 Å². The summed E-state index contributed by atoms with van der Waals surface area (Å²) >= 11 is 1.62. The van der Waals surface area contributed by atoms with Gasteiger partial charge in [-0.1, -0.05) is 0 Å². The van der Waals surface area contributed by atoms with E-state index in [0.717, 1.165) is 0 Å². The molecule has 4 heteroatoms. The largest absolute Gasteiger partial charge is 0.147 e.